The highest BCUT2D eigenvalue weighted by Crippen LogP contribution is 2.44. The number of aromatic nitrogens is 2. The molecule has 1 fully saturated rings. The summed E-state index contributed by atoms with van der Waals surface area (Å²) in [6.45, 7) is 4.07. The zero-order valence-electron chi connectivity index (χ0n) is 25.0. The van der Waals surface area contributed by atoms with Crippen molar-refractivity contribution in [3.8, 4) is 17.2 Å². The van der Waals surface area contributed by atoms with Crippen molar-refractivity contribution in [2.24, 2.45) is 0 Å². The van der Waals surface area contributed by atoms with Crippen molar-refractivity contribution in [2.75, 3.05) is 23.9 Å². The number of halogens is 1. The molecule has 2 atom stereocenters. The van der Waals surface area contributed by atoms with Crippen molar-refractivity contribution < 1.29 is 14.3 Å². The molecule has 1 aliphatic heterocycles. The average molecular weight is 638 g/mol. The quantitative estimate of drug-likeness (QED) is 0.164. The van der Waals surface area contributed by atoms with Crippen LogP contribution in [0.25, 0.3) is 5.69 Å². The average Bonchev–Trinajstić information content (AvgIpc) is 3.55. The predicted octanol–water partition coefficient (Wildman–Crippen LogP) is 7.35. The van der Waals surface area contributed by atoms with Crippen LogP contribution in [0.1, 0.15) is 34.7 Å². The van der Waals surface area contributed by atoms with E-state index in [-0.39, 0.29) is 24.6 Å². The molecule has 10 heteroatoms. The summed E-state index contributed by atoms with van der Waals surface area (Å²) >= 11 is 12.4. The first kappa shape index (κ1) is 30.2. The van der Waals surface area contributed by atoms with Gasteiger partial charge in [0.1, 0.15) is 11.5 Å². The van der Waals surface area contributed by atoms with E-state index in [9.17, 15) is 4.79 Å². The number of para-hydroxylation sites is 1. The van der Waals surface area contributed by atoms with E-state index in [0.29, 0.717) is 21.6 Å². The summed E-state index contributed by atoms with van der Waals surface area (Å²) in [6.07, 6.45) is 1.79. The topological polar surface area (TPSA) is 80.7 Å². The van der Waals surface area contributed by atoms with Crippen LogP contribution < -0.4 is 25.0 Å². The van der Waals surface area contributed by atoms with Gasteiger partial charge in [0.15, 0.2) is 11.7 Å². The zero-order valence-corrected chi connectivity index (χ0v) is 26.6. The summed E-state index contributed by atoms with van der Waals surface area (Å²) in [7, 11) is 1.66. The van der Waals surface area contributed by atoms with E-state index in [1.807, 2.05) is 91.0 Å². The molecule has 6 rings (SSSR count). The number of ether oxygens (including phenoxy) is 2. The van der Waals surface area contributed by atoms with Gasteiger partial charge < -0.3 is 29.6 Å². The summed E-state index contributed by atoms with van der Waals surface area (Å²) in [6, 6.07) is 30.1. The van der Waals surface area contributed by atoms with Crippen LogP contribution in [0.15, 0.2) is 103 Å². The maximum absolute atomic E-state index is 12.6. The lowest BCUT2D eigenvalue weighted by atomic mass is 9.96. The highest BCUT2D eigenvalue weighted by Gasteiger charge is 2.42. The molecule has 5 aromatic rings. The number of thiocarbonyl (C=S) groups is 1. The number of carbonyl (C=O) groups is 1. The molecule has 0 aliphatic carbocycles. The van der Waals surface area contributed by atoms with E-state index in [1.165, 1.54) is 0 Å². The van der Waals surface area contributed by atoms with E-state index in [4.69, 9.17) is 33.3 Å². The molecule has 228 valence electrons. The number of hydrogen-bond acceptors (Lipinski definition) is 5. The van der Waals surface area contributed by atoms with Gasteiger partial charge in [-0.2, -0.15) is 0 Å². The summed E-state index contributed by atoms with van der Waals surface area (Å²) < 4.78 is 13.4. The monoisotopic (exact) mass is 637 g/mol. The third-order valence-electron chi connectivity index (χ3n) is 7.81. The van der Waals surface area contributed by atoms with Gasteiger partial charge >= 0.3 is 0 Å². The van der Waals surface area contributed by atoms with E-state index in [0.717, 1.165) is 39.8 Å². The Bertz CT molecular complexity index is 1830. The number of hydrogen-bond donors (Lipinski definition) is 2. The number of aryl methyl sites for hydroxylation is 1. The van der Waals surface area contributed by atoms with Crippen molar-refractivity contribution in [1.82, 2.24) is 14.9 Å². The molecule has 2 N–H and O–H groups in total. The van der Waals surface area contributed by atoms with E-state index < -0.39 is 0 Å². The van der Waals surface area contributed by atoms with Gasteiger partial charge in [0.05, 0.1) is 30.6 Å². The van der Waals surface area contributed by atoms with Crippen LogP contribution in [0.5, 0.6) is 11.5 Å². The lowest BCUT2D eigenvalue weighted by Crippen LogP contribution is -2.29. The molecule has 0 saturated carbocycles. The number of rotatable bonds is 9. The predicted molar refractivity (Wildman–Crippen MR) is 182 cm³/mol. The minimum atomic E-state index is -0.248. The van der Waals surface area contributed by atoms with Gasteiger partial charge in [-0.1, -0.05) is 35.9 Å². The Morgan fingerprint density at radius 1 is 1.00 bits per heavy atom. The van der Waals surface area contributed by atoms with Gasteiger partial charge in [0.2, 0.25) is 0 Å². The first-order valence-electron chi connectivity index (χ1n) is 14.4. The van der Waals surface area contributed by atoms with Crippen molar-refractivity contribution in [1.29, 1.82) is 0 Å². The molecule has 1 amide bonds. The first-order chi connectivity index (χ1) is 21.8. The van der Waals surface area contributed by atoms with Gasteiger partial charge in [0.25, 0.3) is 5.91 Å². The lowest BCUT2D eigenvalue weighted by molar-refractivity contribution is -0.118. The van der Waals surface area contributed by atoms with Gasteiger partial charge in [-0.15, -0.1) is 0 Å². The second-order valence-electron chi connectivity index (χ2n) is 10.7. The second-order valence-corrected chi connectivity index (χ2v) is 11.5. The highest BCUT2D eigenvalue weighted by atomic mass is 35.5. The molecule has 2 aromatic heterocycles. The molecule has 0 unspecified atom stereocenters. The summed E-state index contributed by atoms with van der Waals surface area (Å²) in [5.74, 6) is 1.11. The molecule has 1 saturated heterocycles. The van der Waals surface area contributed by atoms with Crippen molar-refractivity contribution in [3.63, 3.8) is 0 Å². The molecule has 3 aromatic carbocycles. The number of nitrogens with zero attached hydrogens (tertiary/aromatic N) is 3. The standard InChI is InChI=1S/C35H32ClN5O3S/c1-22-19-28(23(2)40(22)30-20-24(36)12-17-31(30)43-3)34-33(29-11-7-8-18-37-29)39-35(45)41(34)26-15-13-25(14-16-26)38-32(42)21-44-27-9-5-4-6-10-27/h4-20,33-34H,21H2,1-3H3,(H,38,42)(H,39,45)/t33-,34+/m1/s1. The Kier molecular flexibility index (Phi) is 8.73. The number of pyridine rings is 1. The normalized spacial score (nSPS) is 15.9. The minimum Gasteiger partial charge on any atom is -0.495 e. The summed E-state index contributed by atoms with van der Waals surface area (Å²) in [5.41, 5.74) is 6.39. The molecular weight excluding hydrogens is 606 g/mol. The lowest BCUT2D eigenvalue weighted by Gasteiger charge is -2.28. The van der Waals surface area contributed by atoms with Crippen LogP contribution in [0, 0.1) is 13.8 Å². The SMILES string of the molecule is COc1ccc(Cl)cc1-n1c(C)cc([C@H]2[C@@H](c3ccccn3)NC(=S)N2c2ccc(NC(=O)COc3ccccc3)cc2)c1C. The number of nitrogens with one attached hydrogen (secondary N) is 2. The van der Waals surface area contributed by atoms with E-state index in [1.54, 1.807) is 13.3 Å². The highest BCUT2D eigenvalue weighted by molar-refractivity contribution is 7.80. The third-order valence-corrected chi connectivity index (χ3v) is 8.36. The molecule has 0 radical (unpaired) electrons. The zero-order chi connectivity index (χ0) is 31.5. The Morgan fingerprint density at radius 3 is 2.47 bits per heavy atom. The van der Waals surface area contributed by atoms with E-state index >= 15 is 0 Å². The Morgan fingerprint density at radius 2 is 1.76 bits per heavy atom. The Labute approximate surface area is 272 Å². The third kappa shape index (κ3) is 6.22. The van der Waals surface area contributed by atoms with Crippen LogP contribution >= 0.6 is 23.8 Å². The number of amides is 1. The maximum Gasteiger partial charge on any atom is 0.262 e. The van der Waals surface area contributed by atoms with Gasteiger partial charge in [-0.25, -0.2) is 0 Å². The smallest absolute Gasteiger partial charge is 0.262 e. The van der Waals surface area contributed by atoms with Crippen molar-refractivity contribution in [3.05, 3.63) is 131 Å². The van der Waals surface area contributed by atoms with Crippen molar-refractivity contribution >= 4 is 46.2 Å². The summed E-state index contributed by atoms with van der Waals surface area (Å²) in [5, 5.41) is 7.63. The first-order valence-corrected chi connectivity index (χ1v) is 15.2. The van der Waals surface area contributed by atoms with Crippen molar-refractivity contribution in [2.45, 2.75) is 25.9 Å². The Balaban J connectivity index is 1.33. The van der Waals surface area contributed by atoms with Crippen LogP contribution in [0.3, 0.4) is 0 Å². The fourth-order valence-corrected chi connectivity index (χ4v) is 6.32. The number of methoxy groups -OCH3 is 1. The molecule has 8 nitrogen and oxygen atoms in total. The molecule has 3 heterocycles. The van der Waals surface area contributed by atoms with Gasteiger partial charge in [0, 0.05) is 34.0 Å². The molecular formula is C35H32ClN5O3S. The van der Waals surface area contributed by atoms with E-state index in [2.05, 4.69) is 45.0 Å². The summed E-state index contributed by atoms with van der Waals surface area (Å²) in [4.78, 5) is 19.4. The second kappa shape index (κ2) is 13.0. The van der Waals surface area contributed by atoms with Gasteiger partial charge in [-0.05, 0) is 104 Å². The fourth-order valence-electron chi connectivity index (χ4n) is 5.81. The van der Waals surface area contributed by atoms with Gasteiger partial charge in [-0.3, -0.25) is 9.78 Å². The minimum absolute atomic E-state index is 0.0905. The molecule has 0 spiro atoms. The Hall–Kier alpha value is -4.86. The molecule has 0 bridgehead atoms. The number of carbonyl (C=O) groups excluding carboxylic acids is 1. The fraction of sp³-hybridized carbons (Fsp3) is 0.171. The number of benzene rings is 3. The molecule has 1 aliphatic rings. The van der Waals surface area contributed by atoms with Crippen LogP contribution in [0.4, 0.5) is 11.4 Å². The largest absolute Gasteiger partial charge is 0.495 e. The number of anilines is 2. The van der Waals surface area contributed by atoms with Crippen LogP contribution in [0.2, 0.25) is 5.02 Å². The van der Waals surface area contributed by atoms with Crippen LogP contribution in [-0.4, -0.2) is 34.3 Å². The molecule has 45 heavy (non-hydrogen) atoms. The maximum atomic E-state index is 12.6. The van der Waals surface area contributed by atoms with Crippen LogP contribution in [-0.2, 0) is 4.79 Å².